The second-order valence-corrected chi connectivity index (χ2v) is 6.10. The molecule has 0 aromatic carbocycles. The monoisotopic (exact) mass is 254 g/mol. The lowest BCUT2D eigenvalue weighted by Crippen LogP contribution is -2.59. The molecule has 2 fully saturated rings. The number of ether oxygens (including phenoxy) is 1. The van der Waals surface area contributed by atoms with Crippen LogP contribution in [0.2, 0.25) is 0 Å². The quantitative estimate of drug-likeness (QED) is 0.781. The maximum absolute atomic E-state index is 11.8. The molecule has 0 radical (unpaired) electrons. The van der Waals surface area contributed by atoms with Gasteiger partial charge in [0.25, 0.3) is 0 Å². The highest BCUT2D eigenvalue weighted by atomic mass is 16.5. The molecule has 1 saturated heterocycles. The first kappa shape index (κ1) is 13.8. The van der Waals surface area contributed by atoms with Crippen molar-refractivity contribution in [1.29, 1.82) is 0 Å². The number of hydrogen-bond donors (Lipinski definition) is 2. The second kappa shape index (κ2) is 6.02. The lowest BCUT2D eigenvalue weighted by molar-refractivity contribution is -0.136. The number of carbonyl (C=O) groups excluding carboxylic acids is 1. The van der Waals surface area contributed by atoms with Crippen LogP contribution in [0.5, 0.6) is 0 Å². The van der Waals surface area contributed by atoms with Gasteiger partial charge >= 0.3 is 0 Å². The standard InChI is InChI=1S/C14H26N2O2/c1-11(12-6-4-3-5-7-12)16-13(17)8-18-14(2)9-15-10-14/h11-12,15H,3-10H2,1-2H3,(H,16,17)/t11-/m0/s1. The van der Waals surface area contributed by atoms with Gasteiger partial charge in [-0.3, -0.25) is 4.79 Å². The van der Waals surface area contributed by atoms with Crippen LogP contribution in [0.1, 0.15) is 46.0 Å². The van der Waals surface area contributed by atoms with Gasteiger partial charge in [0.15, 0.2) is 0 Å². The third-order valence-corrected chi connectivity index (χ3v) is 4.30. The van der Waals surface area contributed by atoms with Gasteiger partial charge in [-0.1, -0.05) is 19.3 Å². The van der Waals surface area contributed by atoms with Gasteiger partial charge in [0.1, 0.15) is 6.61 Å². The van der Waals surface area contributed by atoms with Crippen LogP contribution >= 0.6 is 0 Å². The van der Waals surface area contributed by atoms with Gasteiger partial charge in [-0.25, -0.2) is 0 Å². The molecule has 2 aliphatic rings. The van der Waals surface area contributed by atoms with E-state index in [0.29, 0.717) is 5.92 Å². The summed E-state index contributed by atoms with van der Waals surface area (Å²) in [6.45, 7) is 6.05. The summed E-state index contributed by atoms with van der Waals surface area (Å²) in [4.78, 5) is 11.8. The number of nitrogens with one attached hydrogen (secondary N) is 2. The Bertz CT molecular complexity index is 284. The van der Waals surface area contributed by atoms with Crippen LogP contribution in [-0.4, -0.2) is 37.2 Å². The third-order valence-electron chi connectivity index (χ3n) is 4.30. The molecule has 1 aliphatic heterocycles. The smallest absolute Gasteiger partial charge is 0.246 e. The van der Waals surface area contributed by atoms with Crippen LogP contribution in [0.15, 0.2) is 0 Å². The van der Waals surface area contributed by atoms with Crippen molar-refractivity contribution < 1.29 is 9.53 Å². The Balaban J connectivity index is 1.66. The summed E-state index contributed by atoms with van der Waals surface area (Å²) in [7, 11) is 0. The number of carbonyl (C=O) groups is 1. The first-order valence-electron chi connectivity index (χ1n) is 7.23. The molecule has 1 amide bonds. The van der Waals surface area contributed by atoms with E-state index in [1.807, 2.05) is 6.92 Å². The largest absolute Gasteiger partial charge is 0.363 e. The molecule has 1 heterocycles. The molecule has 4 heteroatoms. The molecule has 104 valence electrons. The summed E-state index contributed by atoms with van der Waals surface area (Å²) < 4.78 is 5.64. The minimum atomic E-state index is -0.134. The first-order chi connectivity index (χ1) is 8.59. The zero-order valence-electron chi connectivity index (χ0n) is 11.6. The second-order valence-electron chi connectivity index (χ2n) is 6.10. The molecule has 2 N–H and O–H groups in total. The zero-order chi connectivity index (χ0) is 13.0. The summed E-state index contributed by atoms with van der Waals surface area (Å²) in [5, 5.41) is 6.25. The van der Waals surface area contributed by atoms with E-state index in [-0.39, 0.29) is 24.2 Å². The van der Waals surface area contributed by atoms with Crippen LogP contribution in [0.3, 0.4) is 0 Å². The summed E-state index contributed by atoms with van der Waals surface area (Å²) in [5.74, 6) is 0.685. The van der Waals surface area contributed by atoms with Gasteiger partial charge < -0.3 is 15.4 Å². The predicted octanol–water partition coefficient (Wildman–Crippen LogP) is 1.45. The molecule has 0 aromatic heterocycles. The Kier molecular flexibility index (Phi) is 4.62. The van der Waals surface area contributed by atoms with Gasteiger partial charge in [-0.15, -0.1) is 0 Å². The fourth-order valence-electron chi connectivity index (χ4n) is 2.87. The molecule has 0 unspecified atom stereocenters. The van der Waals surface area contributed by atoms with Crippen molar-refractivity contribution in [3.63, 3.8) is 0 Å². The topological polar surface area (TPSA) is 50.4 Å². The van der Waals surface area contributed by atoms with E-state index >= 15 is 0 Å². The molecule has 0 spiro atoms. The van der Waals surface area contributed by atoms with Crippen molar-refractivity contribution >= 4 is 5.91 Å². The third kappa shape index (κ3) is 3.69. The Hall–Kier alpha value is -0.610. The van der Waals surface area contributed by atoms with Crippen molar-refractivity contribution in [3.05, 3.63) is 0 Å². The highest BCUT2D eigenvalue weighted by molar-refractivity contribution is 5.77. The normalized spacial score (nSPS) is 25.2. The SMILES string of the molecule is C[C@H](NC(=O)COC1(C)CNC1)C1CCCCC1. The van der Waals surface area contributed by atoms with E-state index in [0.717, 1.165) is 13.1 Å². The molecular formula is C14H26N2O2. The molecule has 2 rings (SSSR count). The van der Waals surface area contributed by atoms with Crippen molar-refractivity contribution in [3.8, 4) is 0 Å². The molecule has 1 saturated carbocycles. The van der Waals surface area contributed by atoms with Gasteiger partial charge in [0.2, 0.25) is 5.91 Å². The minimum absolute atomic E-state index is 0.0289. The van der Waals surface area contributed by atoms with Crippen LogP contribution in [0, 0.1) is 5.92 Å². The predicted molar refractivity (Wildman–Crippen MR) is 71.4 cm³/mol. The van der Waals surface area contributed by atoms with E-state index < -0.39 is 0 Å². The van der Waals surface area contributed by atoms with Gasteiger partial charge in [-0.2, -0.15) is 0 Å². The molecule has 4 nitrogen and oxygen atoms in total. The van der Waals surface area contributed by atoms with E-state index in [1.165, 1.54) is 32.1 Å². The molecule has 1 aliphatic carbocycles. The Morgan fingerprint density at radius 1 is 1.39 bits per heavy atom. The first-order valence-corrected chi connectivity index (χ1v) is 7.23. The average Bonchev–Trinajstić information content (AvgIpc) is 2.35. The summed E-state index contributed by atoms with van der Waals surface area (Å²) >= 11 is 0. The van der Waals surface area contributed by atoms with Crippen molar-refractivity contribution in [1.82, 2.24) is 10.6 Å². The van der Waals surface area contributed by atoms with Gasteiger partial charge in [0.05, 0.1) is 5.60 Å². The summed E-state index contributed by atoms with van der Waals surface area (Å²) in [6.07, 6.45) is 6.48. The highest BCUT2D eigenvalue weighted by Crippen LogP contribution is 2.26. The Morgan fingerprint density at radius 2 is 2.06 bits per heavy atom. The molecule has 1 atom stereocenters. The summed E-state index contributed by atoms with van der Waals surface area (Å²) in [5.41, 5.74) is -0.134. The average molecular weight is 254 g/mol. The minimum Gasteiger partial charge on any atom is -0.363 e. The lowest BCUT2D eigenvalue weighted by atomic mass is 9.84. The number of rotatable bonds is 5. The van der Waals surface area contributed by atoms with Gasteiger partial charge in [-0.05, 0) is 32.6 Å². The van der Waals surface area contributed by atoms with Crippen LogP contribution in [-0.2, 0) is 9.53 Å². The van der Waals surface area contributed by atoms with Crippen LogP contribution < -0.4 is 10.6 Å². The summed E-state index contributed by atoms with van der Waals surface area (Å²) in [6, 6.07) is 0.286. The fraction of sp³-hybridized carbons (Fsp3) is 0.929. The fourth-order valence-corrected chi connectivity index (χ4v) is 2.87. The lowest BCUT2D eigenvalue weighted by Gasteiger charge is -2.39. The van der Waals surface area contributed by atoms with Crippen molar-refractivity contribution in [2.45, 2.75) is 57.6 Å². The van der Waals surface area contributed by atoms with Crippen LogP contribution in [0.4, 0.5) is 0 Å². The van der Waals surface area contributed by atoms with Crippen molar-refractivity contribution in [2.75, 3.05) is 19.7 Å². The molecule has 18 heavy (non-hydrogen) atoms. The Labute approximate surface area is 110 Å². The number of hydrogen-bond acceptors (Lipinski definition) is 3. The zero-order valence-corrected chi connectivity index (χ0v) is 11.6. The number of amides is 1. The molecule has 0 aromatic rings. The molecular weight excluding hydrogens is 228 g/mol. The van der Waals surface area contributed by atoms with Crippen molar-refractivity contribution in [2.24, 2.45) is 5.92 Å². The van der Waals surface area contributed by atoms with E-state index in [9.17, 15) is 4.79 Å². The van der Waals surface area contributed by atoms with Crippen LogP contribution in [0.25, 0.3) is 0 Å². The highest BCUT2D eigenvalue weighted by Gasteiger charge is 2.33. The Morgan fingerprint density at radius 3 is 2.61 bits per heavy atom. The molecule has 0 bridgehead atoms. The van der Waals surface area contributed by atoms with E-state index in [2.05, 4.69) is 17.6 Å². The maximum Gasteiger partial charge on any atom is 0.246 e. The van der Waals surface area contributed by atoms with E-state index in [4.69, 9.17) is 4.74 Å². The van der Waals surface area contributed by atoms with E-state index in [1.54, 1.807) is 0 Å². The maximum atomic E-state index is 11.8. The van der Waals surface area contributed by atoms with Gasteiger partial charge in [0, 0.05) is 19.1 Å².